The Labute approximate surface area is 63.2 Å². The van der Waals surface area contributed by atoms with Gasteiger partial charge in [0.15, 0.2) is 0 Å². The minimum absolute atomic E-state index is 0.739. The fraction of sp³-hybridized carbons (Fsp3) is 0.444. The first-order valence-corrected chi connectivity index (χ1v) is 3.53. The summed E-state index contributed by atoms with van der Waals surface area (Å²) in [6.45, 7) is 10.00. The smallest absolute Gasteiger partial charge is 0.0566 e. The van der Waals surface area contributed by atoms with Crippen molar-refractivity contribution in [2.45, 2.75) is 19.8 Å². The first kappa shape index (κ1) is 9.15. The van der Waals surface area contributed by atoms with Gasteiger partial charge in [0.05, 0.1) is 6.54 Å². The molecule has 0 rings (SSSR count). The molecule has 10 heavy (non-hydrogen) atoms. The summed E-state index contributed by atoms with van der Waals surface area (Å²) in [5.41, 5.74) is 1.18. The summed E-state index contributed by atoms with van der Waals surface area (Å²) in [5, 5.41) is 0. The second-order valence-electron chi connectivity index (χ2n) is 2.19. The molecule has 0 radical (unpaired) electrons. The van der Waals surface area contributed by atoms with Crippen molar-refractivity contribution in [2.24, 2.45) is 4.99 Å². The van der Waals surface area contributed by atoms with Crippen LogP contribution in [0, 0.1) is 0 Å². The lowest BCUT2D eigenvalue weighted by atomic mass is 10.2. The van der Waals surface area contributed by atoms with Crippen LogP contribution in [0.5, 0.6) is 0 Å². The summed E-state index contributed by atoms with van der Waals surface area (Å²) in [5.74, 6) is 0. The predicted octanol–water partition coefficient (Wildman–Crippen LogP) is 2.60. The molecule has 0 aromatic heterocycles. The lowest BCUT2D eigenvalue weighted by Gasteiger charge is -1.94. The van der Waals surface area contributed by atoms with Gasteiger partial charge >= 0.3 is 0 Å². The maximum absolute atomic E-state index is 4.23. The Bertz CT molecular complexity index is 134. The number of rotatable bonds is 5. The van der Waals surface area contributed by atoms with Gasteiger partial charge in [0.1, 0.15) is 0 Å². The monoisotopic (exact) mass is 137 g/mol. The fourth-order valence-electron chi connectivity index (χ4n) is 0.610. The minimum atomic E-state index is 0.739. The normalized spacial score (nSPS) is 11.1. The van der Waals surface area contributed by atoms with E-state index >= 15 is 0 Å². The lowest BCUT2D eigenvalue weighted by molar-refractivity contribution is 1.07. The van der Waals surface area contributed by atoms with Gasteiger partial charge in [-0.25, -0.2) is 0 Å². The number of nitrogens with zero attached hydrogens (tertiary/aromatic N) is 1. The van der Waals surface area contributed by atoms with Crippen LogP contribution in [0.25, 0.3) is 0 Å². The predicted molar refractivity (Wildman–Crippen MR) is 47.6 cm³/mol. The molecular formula is C9H15N. The van der Waals surface area contributed by atoms with Crippen LogP contribution in [-0.2, 0) is 0 Å². The van der Waals surface area contributed by atoms with Gasteiger partial charge in [-0.1, -0.05) is 12.2 Å². The average Bonchev–Trinajstić information content (AvgIpc) is 1.97. The molecule has 56 valence electrons. The van der Waals surface area contributed by atoms with Crippen LogP contribution in [0.15, 0.2) is 30.3 Å². The Balaban J connectivity index is 3.47. The number of hydrogen-bond donors (Lipinski definition) is 0. The second-order valence-corrected chi connectivity index (χ2v) is 2.19. The summed E-state index contributed by atoms with van der Waals surface area (Å²) in [6, 6.07) is 0. The molecular weight excluding hydrogens is 122 g/mol. The molecule has 0 fully saturated rings. The van der Waals surface area contributed by atoms with E-state index in [9.17, 15) is 0 Å². The third kappa shape index (κ3) is 5.29. The Morgan fingerprint density at radius 3 is 2.60 bits per heavy atom. The van der Waals surface area contributed by atoms with Gasteiger partial charge in [0.2, 0.25) is 0 Å². The Morgan fingerprint density at radius 2 is 2.10 bits per heavy atom. The van der Waals surface area contributed by atoms with E-state index in [-0.39, 0.29) is 0 Å². The van der Waals surface area contributed by atoms with E-state index in [1.165, 1.54) is 5.71 Å². The molecule has 0 amide bonds. The Morgan fingerprint density at radius 1 is 1.40 bits per heavy atom. The lowest BCUT2D eigenvalue weighted by Crippen LogP contribution is -1.90. The quantitative estimate of drug-likeness (QED) is 0.408. The Hall–Kier alpha value is -0.850. The van der Waals surface area contributed by atoms with Crippen molar-refractivity contribution < 1.29 is 0 Å². The molecule has 0 aliphatic rings. The summed E-state index contributed by atoms with van der Waals surface area (Å²) >= 11 is 0. The molecule has 0 saturated heterocycles. The van der Waals surface area contributed by atoms with E-state index in [0.717, 1.165) is 19.4 Å². The summed E-state index contributed by atoms with van der Waals surface area (Å²) in [6.07, 6.45) is 5.76. The molecule has 0 spiro atoms. The van der Waals surface area contributed by atoms with Gasteiger partial charge in [0.25, 0.3) is 0 Å². The molecule has 0 N–H and O–H groups in total. The molecule has 0 atom stereocenters. The number of hydrogen-bond acceptors (Lipinski definition) is 1. The highest BCUT2D eigenvalue weighted by Gasteiger charge is 1.85. The van der Waals surface area contributed by atoms with Crippen LogP contribution in [0.4, 0.5) is 0 Å². The van der Waals surface area contributed by atoms with Crippen LogP contribution in [-0.4, -0.2) is 12.3 Å². The molecule has 0 aliphatic carbocycles. The first-order valence-electron chi connectivity index (χ1n) is 3.53. The molecule has 0 saturated carbocycles. The molecule has 0 bridgehead atoms. The van der Waals surface area contributed by atoms with E-state index in [0.29, 0.717) is 0 Å². The van der Waals surface area contributed by atoms with Gasteiger partial charge in [-0.15, -0.1) is 13.2 Å². The van der Waals surface area contributed by atoms with Crippen LogP contribution in [0.3, 0.4) is 0 Å². The molecule has 0 unspecified atom stereocenters. The summed E-state index contributed by atoms with van der Waals surface area (Å²) in [7, 11) is 0. The van der Waals surface area contributed by atoms with Crippen molar-refractivity contribution in [3.63, 3.8) is 0 Å². The van der Waals surface area contributed by atoms with E-state index < -0.39 is 0 Å². The fourth-order valence-corrected chi connectivity index (χ4v) is 0.610. The Kier molecular flexibility index (Phi) is 5.74. The van der Waals surface area contributed by atoms with E-state index in [1.807, 2.05) is 13.0 Å². The molecule has 0 aliphatic heterocycles. The van der Waals surface area contributed by atoms with Crippen molar-refractivity contribution in [1.82, 2.24) is 0 Å². The van der Waals surface area contributed by atoms with E-state index in [1.54, 1.807) is 6.08 Å². The van der Waals surface area contributed by atoms with Gasteiger partial charge in [-0.3, -0.25) is 4.99 Å². The highest BCUT2D eigenvalue weighted by atomic mass is 14.7. The molecule has 1 heteroatoms. The van der Waals surface area contributed by atoms with Crippen LogP contribution in [0.1, 0.15) is 19.8 Å². The van der Waals surface area contributed by atoms with Crippen LogP contribution >= 0.6 is 0 Å². The molecule has 0 heterocycles. The van der Waals surface area contributed by atoms with Gasteiger partial charge in [-0.05, 0) is 19.8 Å². The van der Waals surface area contributed by atoms with Crippen molar-refractivity contribution in [2.75, 3.05) is 6.54 Å². The van der Waals surface area contributed by atoms with Crippen LogP contribution in [0.2, 0.25) is 0 Å². The van der Waals surface area contributed by atoms with Crippen molar-refractivity contribution in [1.29, 1.82) is 0 Å². The summed E-state index contributed by atoms with van der Waals surface area (Å²) < 4.78 is 0. The van der Waals surface area contributed by atoms with Gasteiger partial charge in [-0.2, -0.15) is 0 Å². The number of aliphatic imine (C=N–C) groups is 1. The highest BCUT2D eigenvalue weighted by molar-refractivity contribution is 5.82. The molecule has 1 nitrogen and oxygen atoms in total. The van der Waals surface area contributed by atoms with E-state index in [2.05, 4.69) is 18.2 Å². The zero-order chi connectivity index (χ0) is 7.82. The summed E-state index contributed by atoms with van der Waals surface area (Å²) in [4.78, 5) is 4.23. The maximum Gasteiger partial charge on any atom is 0.0566 e. The van der Waals surface area contributed by atoms with Gasteiger partial charge in [0, 0.05) is 5.71 Å². The largest absolute Gasteiger partial charge is 0.290 e. The van der Waals surface area contributed by atoms with E-state index in [4.69, 9.17) is 0 Å². The van der Waals surface area contributed by atoms with Gasteiger partial charge < -0.3 is 0 Å². The van der Waals surface area contributed by atoms with Crippen molar-refractivity contribution in [3.8, 4) is 0 Å². The SMILES string of the molecule is C=CCC/C(C)=N/CC=C. The zero-order valence-electron chi connectivity index (χ0n) is 6.64. The molecule has 0 aromatic carbocycles. The standard InChI is InChI=1S/C9H15N/c1-4-6-7-9(3)10-8-5-2/h4-5H,1-2,6-8H2,3H3/b10-9+. The second kappa shape index (κ2) is 6.27. The topological polar surface area (TPSA) is 12.4 Å². The van der Waals surface area contributed by atoms with Crippen molar-refractivity contribution in [3.05, 3.63) is 25.3 Å². The number of allylic oxidation sites excluding steroid dienone is 1. The average molecular weight is 137 g/mol. The molecule has 0 aromatic rings. The minimum Gasteiger partial charge on any atom is -0.290 e. The highest BCUT2D eigenvalue weighted by Crippen LogP contribution is 1.92. The third-order valence-corrected chi connectivity index (χ3v) is 1.20. The zero-order valence-corrected chi connectivity index (χ0v) is 6.64. The third-order valence-electron chi connectivity index (χ3n) is 1.20. The first-order chi connectivity index (χ1) is 4.81. The van der Waals surface area contributed by atoms with Crippen molar-refractivity contribution >= 4 is 5.71 Å². The van der Waals surface area contributed by atoms with Crippen LogP contribution < -0.4 is 0 Å². The maximum atomic E-state index is 4.23.